The molecule has 9 fully saturated rings. The van der Waals surface area contributed by atoms with Crippen molar-refractivity contribution < 1.29 is 30.3 Å². The van der Waals surface area contributed by atoms with Crippen LogP contribution in [0.15, 0.2) is 34.9 Å². The second kappa shape index (κ2) is 31.5. The van der Waals surface area contributed by atoms with Gasteiger partial charge in [0, 0.05) is 12.8 Å². The molecule has 0 unspecified atom stereocenters. The molecule has 0 heterocycles. The molecule has 0 bridgehead atoms. The Kier molecular flexibility index (Phi) is 27.5. The fourth-order valence-electron chi connectivity index (χ4n) is 26.0. The lowest BCUT2D eigenvalue weighted by molar-refractivity contribution is -0.122. The van der Waals surface area contributed by atoms with Gasteiger partial charge in [-0.1, -0.05) is 158 Å². The van der Waals surface area contributed by atoms with Crippen LogP contribution in [0, 0.1) is 121 Å². The van der Waals surface area contributed by atoms with Crippen molar-refractivity contribution in [3.05, 3.63) is 34.9 Å². The summed E-state index contributed by atoms with van der Waals surface area (Å²) in [6.45, 7) is 36.7. The molecular weight excluding hydrogens is 1200 g/mol. The highest BCUT2D eigenvalue weighted by Gasteiger charge is 2.63. The van der Waals surface area contributed by atoms with Crippen LogP contribution < -0.4 is 0 Å². The Labute approximate surface area is 590 Å². The zero-order valence-electron chi connectivity index (χ0n) is 61.4. The van der Waals surface area contributed by atoms with Gasteiger partial charge in [0.1, 0.15) is 5.78 Å². The molecule has 8 heteroatoms. The summed E-state index contributed by atoms with van der Waals surface area (Å²) in [5.41, 5.74) is 5.14. The van der Waals surface area contributed by atoms with Gasteiger partial charge in [-0.25, -0.2) is 0 Å². The zero-order chi connectivity index (χ0) is 66.7. The van der Waals surface area contributed by atoms with Crippen LogP contribution in [0.1, 0.15) is 345 Å². The van der Waals surface area contributed by atoms with Crippen molar-refractivity contribution >= 4 is 29.0 Å². The van der Waals surface area contributed by atoms with Crippen LogP contribution in [0.5, 0.6) is 0 Å². The molecule has 9 saturated carbocycles. The van der Waals surface area contributed by atoms with E-state index >= 15 is 0 Å². The van der Waals surface area contributed by atoms with Crippen LogP contribution >= 0.6 is 23.2 Å². The number of hydrogen-bond acceptors (Lipinski definition) is 6. The number of carbonyl (C=O) groups is 1. The van der Waals surface area contributed by atoms with E-state index in [-0.39, 0.29) is 33.7 Å². The van der Waals surface area contributed by atoms with Gasteiger partial charge in [-0.15, -0.1) is 23.2 Å². The Morgan fingerprint density at radius 3 is 1.18 bits per heavy atom. The Bertz CT molecular complexity index is 2550. The van der Waals surface area contributed by atoms with Crippen LogP contribution in [0.2, 0.25) is 0 Å². The molecule has 0 amide bonds. The molecule has 6 nitrogen and oxygen atoms in total. The number of aliphatic hydroxyl groups excluding tert-OH is 1. The van der Waals surface area contributed by atoms with Gasteiger partial charge in [0.2, 0.25) is 0 Å². The number of Topliss-reactive ketones (excluding diaryl/α,β-unsaturated/α-hetero) is 1. The molecule has 12 aliphatic rings. The van der Waals surface area contributed by atoms with Crippen molar-refractivity contribution in [2.24, 2.45) is 121 Å². The van der Waals surface area contributed by atoms with Gasteiger partial charge < -0.3 is 25.5 Å². The molecule has 0 aliphatic heterocycles. The third-order valence-corrected chi connectivity index (χ3v) is 31.0. The number of halogens is 2. The van der Waals surface area contributed by atoms with Crippen molar-refractivity contribution in [1.29, 1.82) is 0 Å². The maximum atomic E-state index is 12.1. The summed E-state index contributed by atoms with van der Waals surface area (Å²) >= 11 is 9.53. The number of allylic oxidation sites excluding steroid dienone is 4. The highest BCUT2D eigenvalue weighted by atomic mass is 35.5. The SMILES string of the molecule is C.C.C.C[C@H](CCCC(C)(C)O)[C@H]1CC[C@H]2[C@@H]3CC=C4CC(=O)CC[C@]4(C)[C@H]3CC[C@]12C.C[C@H](CCCC(C)(C)O)[C@H]1CC[C@H]2[C@@H]3CC=C4C[C@@H](O)CC[C@]4(C)[C@H]3CC[C@]12C.C[C@H](CCCC(C)(C)O)[C@H]1CC[C@H]2[C@@H]3CC=C4C[C@@](C)(O)CC[C@]4(C)[C@H]3CC[C@]12C.ClCCl. The number of hydrogen-bond donors (Lipinski definition) is 5. The number of carbonyl (C=O) groups excluding carboxylic acids is 1. The van der Waals surface area contributed by atoms with Crippen molar-refractivity contribution in [1.82, 2.24) is 0 Å². The predicted molar refractivity (Wildman–Crippen MR) is 402 cm³/mol. The van der Waals surface area contributed by atoms with Crippen LogP contribution in [0.3, 0.4) is 0 Å². The molecule has 5 N–H and O–H groups in total. The fourth-order valence-corrected chi connectivity index (χ4v) is 26.0. The van der Waals surface area contributed by atoms with Crippen molar-refractivity contribution in [3.8, 4) is 0 Å². The van der Waals surface area contributed by atoms with E-state index in [9.17, 15) is 30.3 Å². The summed E-state index contributed by atoms with van der Waals surface area (Å²) in [6.07, 6.45) is 46.9. The maximum absolute atomic E-state index is 12.1. The number of alkyl halides is 2. The molecule has 12 aliphatic carbocycles. The second-order valence-corrected chi connectivity index (χ2v) is 39.2. The van der Waals surface area contributed by atoms with Gasteiger partial charge in [-0.05, 0) is 330 Å². The highest BCUT2D eigenvalue weighted by Crippen LogP contribution is 2.71. The van der Waals surface area contributed by atoms with Gasteiger partial charge >= 0.3 is 0 Å². The Hall–Kier alpha value is -0.730. The lowest BCUT2D eigenvalue weighted by Gasteiger charge is -2.59. The summed E-state index contributed by atoms with van der Waals surface area (Å²) in [7, 11) is 0. The average molecular weight is 1350 g/mol. The Morgan fingerprint density at radius 1 is 0.468 bits per heavy atom. The normalized spacial score (nSPS) is 42.7. The quantitative estimate of drug-likeness (QED) is 0.0824. The third kappa shape index (κ3) is 17.1. The first-order valence-corrected chi connectivity index (χ1v) is 39.7. The van der Waals surface area contributed by atoms with Gasteiger partial charge in [0.05, 0.1) is 33.8 Å². The number of rotatable bonds is 15. The minimum absolute atomic E-state index is 0. The first kappa shape index (κ1) is 82.2. The summed E-state index contributed by atoms with van der Waals surface area (Å²) in [5, 5.41) is 51.3. The smallest absolute Gasteiger partial charge is 0.136 e. The van der Waals surface area contributed by atoms with Crippen LogP contribution in [0.25, 0.3) is 0 Å². The molecule has 12 rings (SSSR count). The van der Waals surface area contributed by atoms with E-state index in [0.717, 1.165) is 172 Å². The van der Waals surface area contributed by atoms with E-state index in [1.54, 1.807) is 11.1 Å². The molecular formula is C86H152Cl2O6. The fraction of sp³-hybridized carbons (Fsp3) is 0.919. The predicted octanol–water partition coefficient (Wildman–Crippen LogP) is 23.4. The van der Waals surface area contributed by atoms with Gasteiger partial charge in [0.15, 0.2) is 0 Å². The summed E-state index contributed by atoms with van der Waals surface area (Å²) in [4.78, 5) is 12.1. The van der Waals surface area contributed by atoms with Crippen LogP contribution in [-0.4, -0.2) is 65.2 Å². The molecule has 0 radical (unpaired) electrons. The molecule has 546 valence electrons. The Morgan fingerprint density at radius 2 is 0.809 bits per heavy atom. The van der Waals surface area contributed by atoms with Crippen molar-refractivity contribution in [2.75, 3.05) is 5.34 Å². The van der Waals surface area contributed by atoms with Crippen molar-refractivity contribution in [2.45, 2.75) is 373 Å². The lowest BCUT2D eigenvalue weighted by Crippen LogP contribution is -2.52. The number of aliphatic hydroxyl groups is 5. The average Bonchev–Trinajstić information content (AvgIpc) is 1.32. The minimum atomic E-state index is -0.525. The van der Waals surface area contributed by atoms with E-state index in [4.69, 9.17) is 23.2 Å². The molecule has 94 heavy (non-hydrogen) atoms. The zero-order valence-corrected chi connectivity index (χ0v) is 62.9. The topological polar surface area (TPSA) is 118 Å². The monoisotopic (exact) mass is 1350 g/mol. The van der Waals surface area contributed by atoms with E-state index < -0.39 is 22.4 Å². The molecule has 0 spiro atoms. The number of ketones is 1. The summed E-state index contributed by atoms with van der Waals surface area (Å²) in [5.74, 6) is 13.0. The number of fused-ring (bicyclic) bond motifs is 15. The van der Waals surface area contributed by atoms with E-state index in [1.165, 1.54) is 134 Å². The summed E-state index contributed by atoms with van der Waals surface area (Å²) in [6, 6.07) is 0. The second-order valence-electron chi connectivity index (χ2n) is 38.4. The largest absolute Gasteiger partial charge is 0.393 e. The minimum Gasteiger partial charge on any atom is -0.393 e. The molecule has 0 aromatic carbocycles. The van der Waals surface area contributed by atoms with Gasteiger partial charge in [-0.3, -0.25) is 4.79 Å². The van der Waals surface area contributed by atoms with Crippen LogP contribution in [0.4, 0.5) is 0 Å². The molecule has 0 aromatic heterocycles. The third-order valence-electron chi connectivity index (χ3n) is 31.0. The van der Waals surface area contributed by atoms with E-state index in [0.29, 0.717) is 38.3 Å². The highest BCUT2D eigenvalue weighted by molar-refractivity contribution is 6.40. The van der Waals surface area contributed by atoms with Gasteiger partial charge in [-0.2, -0.15) is 0 Å². The van der Waals surface area contributed by atoms with Crippen molar-refractivity contribution in [3.63, 3.8) is 0 Å². The standard InChI is InChI=1S/C28H48O2.C27H46O2.C27H44O2.CH2Cl2.3CH4/c1-19(8-7-14-25(2,3)29)22-11-12-23-21-10-9-20-18-26(4,30)16-17-27(20,5)24(21)13-15-28(22,23)6;2*1-18(7-6-14-25(2,3)29)22-10-11-23-21-9-8-19-17-20(28)12-15-26(19,4)24(21)13-16-27(22,23)5;2-1-3;;;/h9,19,21-24,29-30H,7-8,10-18H2,1-6H3;8,18,20-24,28-29H,6-7,9-17H2,1-5H3;8,18,21-24,29H,6-7,9-17H2,1-5H3;1H2;3*1H4/t19-,21+,22-,23+,24+,26+,27+,28-;18-,20+,21+,22-,23+,24+,26+,27-;18-,21+,22-,23+,24+,26+,27-;;;;/m111..../s1. The molecule has 0 aromatic rings. The lowest BCUT2D eigenvalue weighted by atomic mass is 9.46. The van der Waals surface area contributed by atoms with Gasteiger partial charge in [0.25, 0.3) is 0 Å². The van der Waals surface area contributed by atoms with E-state index in [1.807, 2.05) is 48.5 Å². The first-order valence-electron chi connectivity index (χ1n) is 38.7. The Balaban J connectivity index is 0.000000215. The maximum Gasteiger partial charge on any atom is 0.136 e. The molecule has 23 atom stereocenters. The first-order chi connectivity index (χ1) is 42.4. The van der Waals surface area contributed by atoms with Crippen LogP contribution in [-0.2, 0) is 4.79 Å². The molecule has 0 saturated heterocycles. The van der Waals surface area contributed by atoms with E-state index in [2.05, 4.69) is 80.5 Å². The summed E-state index contributed by atoms with van der Waals surface area (Å²) < 4.78 is 0.